The van der Waals surface area contributed by atoms with Gasteiger partial charge in [0.25, 0.3) is 5.91 Å². The van der Waals surface area contributed by atoms with E-state index in [2.05, 4.69) is 12.2 Å². The number of benzene rings is 2. The molecule has 0 aliphatic carbocycles. The van der Waals surface area contributed by atoms with Gasteiger partial charge in [-0.15, -0.1) is 0 Å². The lowest BCUT2D eigenvalue weighted by Crippen LogP contribution is -2.40. The highest BCUT2D eigenvalue weighted by molar-refractivity contribution is 5.81. The van der Waals surface area contributed by atoms with Crippen molar-refractivity contribution >= 4 is 5.91 Å². The quantitative estimate of drug-likeness (QED) is 0.744. The van der Waals surface area contributed by atoms with E-state index in [0.29, 0.717) is 6.42 Å². The Bertz CT molecular complexity index is 725. The second-order valence-electron chi connectivity index (χ2n) is 6.53. The molecule has 0 aliphatic heterocycles. The van der Waals surface area contributed by atoms with Crippen LogP contribution in [0.25, 0.3) is 0 Å². The van der Waals surface area contributed by atoms with Crippen molar-refractivity contribution in [2.45, 2.75) is 52.7 Å². The van der Waals surface area contributed by atoms with Crippen LogP contribution in [0.3, 0.4) is 0 Å². The maximum atomic E-state index is 12.8. The van der Waals surface area contributed by atoms with Gasteiger partial charge in [-0.2, -0.15) is 0 Å². The minimum atomic E-state index is -0.511. The van der Waals surface area contributed by atoms with E-state index in [4.69, 9.17) is 9.47 Å². The van der Waals surface area contributed by atoms with Crippen molar-refractivity contribution in [1.29, 1.82) is 0 Å². The van der Waals surface area contributed by atoms with Crippen LogP contribution in [0.2, 0.25) is 0 Å². The topological polar surface area (TPSA) is 47.6 Å². The van der Waals surface area contributed by atoms with Gasteiger partial charge in [0.05, 0.1) is 13.2 Å². The van der Waals surface area contributed by atoms with E-state index in [1.54, 1.807) is 7.11 Å². The van der Waals surface area contributed by atoms with E-state index in [9.17, 15) is 4.79 Å². The molecule has 2 aromatic rings. The molecule has 0 fully saturated rings. The first-order chi connectivity index (χ1) is 12.5. The molecule has 0 radical (unpaired) electrons. The Balaban J connectivity index is 2.09. The average Bonchev–Trinajstić information content (AvgIpc) is 2.66. The number of amides is 1. The molecule has 1 amide bonds. The smallest absolute Gasteiger partial charge is 0.261 e. The Hall–Kier alpha value is -2.49. The van der Waals surface area contributed by atoms with Crippen molar-refractivity contribution in [3.63, 3.8) is 0 Å². The van der Waals surface area contributed by atoms with Crippen LogP contribution in [0.1, 0.15) is 49.4 Å². The monoisotopic (exact) mass is 355 g/mol. The number of aryl methyl sites for hydroxylation is 2. The molecule has 0 spiro atoms. The Morgan fingerprint density at radius 1 is 1.04 bits per heavy atom. The van der Waals surface area contributed by atoms with Crippen LogP contribution < -0.4 is 14.8 Å². The number of methoxy groups -OCH3 is 1. The molecule has 4 nitrogen and oxygen atoms in total. The van der Waals surface area contributed by atoms with Gasteiger partial charge in [0.15, 0.2) is 6.10 Å². The number of carbonyl (C=O) groups excluding carboxylic acids is 1. The summed E-state index contributed by atoms with van der Waals surface area (Å²) in [6, 6.07) is 13.8. The number of hydrogen-bond donors (Lipinski definition) is 1. The van der Waals surface area contributed by atoms with Gasteiger partial charge >= 0.3 is 0 Å². The zero-order valence-electron chi connectivity index (χ0n) is 16.3. The van der Waals surface area contributed by atoms with E-state index in [0.717, 1.165) is 34.6 Å². The van der Waals surface area contributed by atoms with Crippen LogP contribution in [0.15, 0.2) is 42.5 Å². The van der Waals surface area contributed by atoms with Crippen LogP contribution in [0.4, 0.5) is 0 Å². The van der Waals surface area contributed by atoms with Gasteiger partial charge in [-0.25, -0.2) is 0 Å². The van der Waals surface area contributed by atoms with Crippen molar-refractivity contribution in [1.82, 2.24) is 5.32 Å². The summed E-state index contributed by atoms with van der Waals surface area (Å²) in [5, 5.41) is 3.12. The molecule has 0 bridgehead atoms. The van der Waals surface area contributed by atoms with Crippen LogP contribution in [-0.4, -0.2) is 19.1 Å². The highest BCUT2D eigenvalue weighted by Crippen LogP contribution is 2.23. The Morgan fingerprint density at radius 2 is 1.73 bits per heavy atom. The van der Waals surface area contributed by atoms with Crippen molar-refractivity contribution in [3.05, 3.63) is 59.2 Å². The van der Waals surface area contributed by atoms with Crippen LogP contribution in [0, 0.1) is 13.8 Å². The Morgan fingerprint density at radius 3 is 2.31 bits per heavy atom. The predicted molar refractivity (Wildman–Crippen MR) is 105 cm³/mol. The fourth-order valence-electron chi connectivity index (χ4n) is 2.83. The Kier molecular flexibility index (Phi) is 7.07. The summed E-state index contributed by atoms with van der Waals surface area (Å²) in [5.41, 5.74) is 3.21. The number of ether oxygens (including phenoxy) is 2. The van der Waals surface area contributed by atoms with E-state index in [-0.39, 0.29) is 11.9 Å². The summed E-state index contributed by atoms with van der Waals surface area (Å²) in [4.78, 5) is 12.8. The zero-order valence-corrected chi connectivity index (χ0v) is 16.3. The number of carbonyl (C=O) groups is 1. The van der Waals surface area contributed by atoms with Gasteiger partial charge < -0.3 is 14.8 Å². The predicted octanol–water partition coefficient (Wildman–Crippen LogP) is 4.74. The SMILES string of the molecule is CC[C@H](Oc1cc(C)ccc1C)C(=O)N[C@@H](CC)c1ccc(OC)cc1. The second kappa shape index (κ2) is 9.27. The first-order valence-electron chi connectivity index (χ1n) is 9.16. The van der Waals surface area contributed by atoms with Gasteiger partial charge in [-0.1, -0.05) is 38.1 Å². The maximum Gasteiger partial charge on any atom is 0.261 e. The van der Waals surface area contributed by atoms with Crippen molar-refractivity contribution in [2.75, 3.05) is 7.11 Å². The first-order valence-corrected chi connectivity index (χ1v) is 9.16. The fraction of sp³-hybridized carbons (Fsp3) is 0.409. The summed E-state index contributed by atoms with van der Waals surface area (Å²) < 4.78 is 11.2. The molecule has 4 heteroatoms. The third-order valence-corrected chi connectivity index (χ3v) is 4.52. The molecule has 2 aromatic carbocycles. The third-order valence-electron chi connectivity index (χ3n) is 4.52. The third kappa shape index (κ3) is 5.01. The minimum absolute atomic E-state index is 0.0512. The van der Waals surface area contributed by atoms with Gasteiger partial charge in [0, 0.05) is 0 Å². The molecule has 0 saturated carbocycles. The van der Waals surface area contributed by atoms with Gasteiger partial charge in [0.2, 0.25) is 0 Å². The lowest BCUT2D eigenvalue weighted by molar-refractivity contribution is -0.129. The van der Waals surface area contributed by atoms with Gasteiger partial charge in [-0.3, -0.25) is 4.79 Å². The molecule has 140 valence electrons. The van der Waals surface area contributed by atoms with E-state index >= 15 is 0 Å². The highest BCUT2D eigenvalue weighted by atomic mass is 16.5. The molecule has 26 heavy (non-hydrogen) atoms. The molecule has 1 N–H and O–H groups in total. The number of nitrogens with one attached hydrogen (secondary N) is 1. The Labute approximate surface area is 156 Å². The molecule has 2 atom stereocenters. The van der Waals surface area contributed by atoms with E-state index < -0.39 is 6.10 Å². The summed E-state index contributed by atoms with van der Waals surface area (Å²) >= 11 is 0. The molecule has 0 aliphatic rings. The molecular weight excluding hydrogens is 326 g/mol. The van der Waals surface area contributed by atoms with Crippen LogP contribution in [-0.2, 0) is 4.79 Å². The maximum absolute atomic E-state index is 12.8. The summed E-state index contributed by atoms with van der Waals surface area (Å²) in [7, 11) is 1.64. The molecule has 0 unspecified atom stereocenters. The molecule has 0 saturated heterocycles. The van der Waals surface area contributed by atoms with E-state index in [1.807, 2.05) is 63.2 Å². The number of hydrogen-bond acceptors (Lipinski definition) is 3. The van der Waals surface area contributed by atoms with Crippen molar-refractivity contribution in [2.24, 2.45) is 0 Å². The highest BCUT2D eigenvalue weighted by Gasteiger charge is 2.22. The zero-order chi connectivity index (χ0) is 19.1. The second-order valence-corrected chi connectivity index (χ2v) is 6.53. The summed E-state index contributed by atoms with van der Waals surface area (Å²) in [6.07, 6.45) is 0.902. The molecule has 2 rings (SSSR count). The van der Waals surface area contributed by atoms with Crippen LogP contribution in [0.5, 0.6) is 11.5 Å². The average molecular weight is 355 g/mol. The summed E-state index contributed by atoms with van der Waals surface area (Å²) in [5.74, 6) is 1.49. The lowest BCUT2D eigenvalue weighted by atomic mass is 10.0. The van der Waals surface area contributed by atoms with Crippen molar-refractivity contribution < 1.29 is 14.3 Å². The molecule has 0 heterocycles. The standard InChI is InChI=1S/C22H29NO3/c1-6-19(17-10-12-18(25-5)13-11-17)23-22(24)20(7-2)26-21-14-15(3)8-9-16(21)4/h8-14,19-20H,6-7H2,1-5H3,(H,23,24)/t19-,20-/m0/s1. The van der Waals surface area contributed by atoms with Gasteiger partial charge in [0.1, 0.15) is 11.5 Å². The molecular formula is C22H29NO3. The largest absolute Gasteiger partial charge is 0.497 e. The fourth-order valence-corrected chi connectivity index (χ4v) is 2.83. The number of rotatable bonds is 8. The molecule has 0 aromatic heterocycles. The lowest BCUT2D eigenvalue weighted by Gasteiger charge is -2.23. The first kappa shape index (κ1) is 19.8. The van der Waals surface area contributed by atoms with Crippen LogP contribution >= 0.6 is 0 Å². The van der Waals surface area contributed by atoms with Crippen molar-refractivity contribution in [3.8, 4) is 11.5 Å². The summed E-state index contributed by atoms with van der Waals surface area (Å²) in [6.45, 7) is 8.03. The van der Waals surface area contributed by atoms with E-state index in [1.165, 1.54) is 0 Å². The van der Waals surface area contributed by atoms with Gasteiger partial charge in [-0.05, 0) is 61.6 Å². The minimum Gasteiger partial charge on any atom is -0.497 e. The normalized spacial score (nSPS) is 13.0.